The normalized spacial score (nSPS) is 12.6. The Bertz CT molecular complexity index is 990. The monoisotopic (exact) mass is 381 g/mol. The van der Waals surface area contributed by atoms with Gasteiger partial charge in [0.05, 0.1) is 6.20 Å². The minimum Gasteiger partial charge on any atom is -0.454 e. The van der Waals surface area contributed by atoms with E-state index in [1.54, 1.807) is 22.1 Å². The van der Waals surface area contributed by atoms with Gasteiger partial charge in [0, 0.05) is 41.2 Å². The Labute approximate surface area is 161 Å². The van der Waals surface area contributed by atoms with Crippen molar-refractivity contribution in [2.24, 2.45) is 7.05 Å². The minimum atomic E-state index is -0.114. The number of ether oxygens (including phenoxy) is 2. The number of hydrogen-bond acceptors (Lipinski definition) is 5. The van der Waals surface area contributed by atoms with E-state index in [-0.39, 0.29) is 12.7 Å². The number of nitrogens with one attached hydrogen (secondary N) is 1. The molecule has 0 fully saturated rings. The van der Waals surface area contributed by atoms with Gasteiger partial charge in [-0.05, 0) is 42.3 Å². The van der Waals surface area contributed by atoms with Gasteiger partial charge in [-0.1, -0.05) is 6.07 Å². The Hall–Kier alpha value is -3.06. The number of carbonyl (C=O) groups excluding carboxylic acids is 1. The molecule has 4 rings (SSSR count). The Kier molecular flexibility index (Phi) is 4.93. The molecule has 1 aromatic carbocycles. The van der Waals surface area contributed by atoms with Crippen molar-refractivity contribution in [3.05, 3.63) is 59.2 Å². The van der Waals surface area contributed by atoms with Crippen LogP contribution >= 0.6 is 11.3 Å². The van der Waals surface area contributed by atoms with Crippen molar-refractivity contribution in [3.8, 4) is 21.9 Å². The van der Waals surface area contributed by atoms with E-state index in [1.807, 2.05) is 37.6 Å². The Morgan fingerprint density at radius 3 is 3.04 bits per heavy atom. The molecule has 0 saturated heterocycles. The molecular weight excluding hydrogens is 362 g/mol. The number of aromatic nitrogens is 2. The summed E-state index contributed by atoms with van der Waals surface area (Å²) in [5.74, 6) is 1.33. The van der Waals surface area contributed by atoms with E-state index in [4.69, 9.17) is 9.47 Å². The summed E-state index contributed by atoms with van der Waals surface area (Å²) in [5.41, 5.74) is 2.01. The molecule has 1 N–H and O–H groups in total. The van der Waals surface area contributed by atoms with E-state index in [9.17, 15) is 4.79 Å². The molecule has 138 valence electrons. The number of fused-ring (bicyclic) bond motifs is 1. The zero-order valence-electron chi connectivity index (χ0n) is 14.8. The number of rotatable bonds is 6. The first-order chi connectivity index (χ1) is 13.2. The molecule has 0 unspecified atom stereocenters. The second-order valence-corrected chi connectivity index (χ2v) is 7.32. The molecule has 1 aliphatic heterocycles. The molecule has 0 spiro atoms. The van der Waals surface area contributed by atoms with Crippen molar-refractivity contribution in [2.75, 3.05) is 13.3 Å². The predicted octanol–water partition coefficient (Wildman–Crippen LogP) is 3.25. The molecule has 2 aromatic heterocycles. The maximum absolute atomic E-state index is 12.0. The first-order valence-corrected chi connectivity index (χ1v) is 9.42. The van der Waals surface area contributed by atoms with Crippen LogP contribution in [0.4, 0.5) is 0 Å². The van der Waals surface area contributed by atoms with Crippen molar-refractivity contribution in [2.45, 2.75) is 6.42 Å². The Morgan fingerprint density at radius 1 is 1.30 bits per heavy atom. The third kappa shape index (κ3) is 4.20. The lowest BCUT2D eigenvalue weighted by Gasteiger charge is -2.01. The molecule has 27 heavy (non-hydrogen) atoms. The molecule has 0 atom stereocenters. The number of aryl methyl sites for hydroxylation is 1. The molecule has 0 radical (unpaired) electrons. The van der Waals surface area contributed by atoms with Crippen LogP contribution in [0.2, 0.25) is 0 Å². The van der Waals surface area contributed by atoms with Crippen molar-refractivity contribution in [3.63, 3.8) is 0 Å². The van der Waals surface area contributed by atoms with Crippen molar-refractivity contribution < 1.29 is 14.3 Å². The summed E-state index contributed by atoms with van der Waals surface area (Å²) in [6.45, 7) is 0.839. The Morgan fingerprint density at radius 2 is 2.19 bits per heavy atom. The molecule has 0 aliphatic carbocycles. The number of thiophene rings is 1. The van der Waals surface area contributed by atoms with Crippen LogP contribution in [0.3, 0.4) is 0 Å². The van der Waals surface area contributed by atoms with Gasteiger partial charge < -0.3 is 14.8 Å². The van der Waals surface area contributed by atoms with Gasteiger partial charge in [0.1, 0.15) is 0 Å². The SMILES string of the molecule is Cn1cc(-c2ccc(CCNC(=O)C=Cc3ccc4c(c3)OCO4)s2)cn1. The van der Waals surface area contributed by atoms with Gasteiger partial charge in [-0.3, -0.25) is 9.48 Å². The quantitative estimate of drug-likeness (QED) is 0.666. The standard InChI is InChI=1S/C20H19N3O3S/c1-23-12-15(11-22-23)19-6-4-16(27-19)8-9-21-20(24)7-3-14-2-5-17-18(10-14)26-13-25-17/h2-7,10-12H,8-9,13H2,1H3,(H,21,24). The summed E-state index contributed by atoms with van der Waals surface area (Å²) < 4.78 is 12.4. The average molecular weight is 381 g/mol. The van der Waals surface area contributed by atoms with Crippen molar-refractivity contribution >= 4 is 23.3 Å². The number of carbonyl (C=O) groups is 1. The zero-order valence-corrected chi connectivity index (χ0v) is 15.7. The van der Waals surface area contributed by atoms with Crippen LogP contribution in [-0.4, -0.2) is 29.0 Å². The second-order valence-electron chi connectivity index (χ2n) is 6.16. The van der Waals surface area contributed by atoms with Gasteiger partial charge in [0.15, 0.2) is 11.5 Å². The first kappa shape index (κ1) is 17.4. The van der Waals surface area contributed by atoms with Gasteiger partial charge in [-0.15, -0.1) is 11.3 Å². The van der Waals surface area contributed by atoms with Gasteiger partial charge in [-0.2, -0.15) is 5.10 Å². The zero-order chi connectivity index (χ0) is 18.6. The van der Waals surface area contributed by atoms with E-state index < -0.39 is 0 Å². The highest BCUT2D eigenvalue weighted by atomic mass is 32.1. The predicted molar refractivity (Wildman–Crippen MR) is 105 cm³/mol. The summed E-state index contributed by atoms with van der Waals surface area (Å²) in [7, 11) is 1.91. The lowest BCUT2D eigenvalue weighted by molar-refractivity contribution is -0.116. The highest BCUT2D eigenvalue weighted by Crippen LogP contribution is 2.32. The highest BCUT2D eigenvalue weighted by molar-refractivity contribution is 7.15. The van der Waals surface area contributed by atoms with Gasteiger partial charge >= 0.3 is 0 Å². The van der Waals surface area contributed by atoms with Gasteiger partial charge in [0.2, 0.25) is 12.7 Å². The lowest BCUT2D eigenvalue weighted by atomic mass is 10.2. The summed E-state index contributed by atoms with van der Waals surface area (Å²) in [6, 6.07) is 9.79. The number of hydrogen-bond donors (Lipinski definition) is 1. The van der Waals surface area contributed by atoms with Crippen LogP contribution in [0, 0.1) is 0 Å². The summed E-state index contributed by atoms with van der Waals surface area (Å²) in [4.78, 5) is 14.4. The molecule has 7 heteroatoms. The van der Waals surface area contributed by atoms with Crippen LogP contribution in [0.5, 0.6) is 11.5 Å². The van der Waals surface area contributed by atoms with Crippen LogP contribution < -0.4 is 14.8 Å². The molecule has 0 saturated carbocycles. The topological polar surface area (TPSA) is 65.4 Å². The molecule has 1 amide bonds. The summed E-state index contributed by atoms with van der Waals surface area (Å²) >= 11 is 1.72. The van der Waals surface area contributed by atoms with Crippen LogP contribution in [-0.2, 0) is 18.3 Å². The third-order valence-electron chi connectivity index (χ3n) is 4.15. The van der Waals surface area contributed by atoms with Crippen LogP contribution in [0.25, 0.3) is 16.5 Å². The van der Waals surface area contributed by atoms with E-state index in [1.165, 1.54) is 15.8 Å². The van der Waals surface area contributed by atoms with Crippen LogP contribution in [0.1, 0.15) is 10.4 Å². The average Bonchev–Trinajstić information content (AvgIpc) is 3.39. The fourth-order valence-corrected chi connectivity index (χ4v) is 3.75. The fourth-order valence-electron chi connectivity index (χ4n) is 2.77. The van der Waals surface area contributed by atoms with Gasteiger partial charge in [0.25, 0.3) is 0 Å². The van der Waals surface area contributed by atoms with Crippen LogP contribution in [0.15, 0.2) is 48.8 Å². The number of benzene rings is 1. The molecule has 3 heterocycles. The second kappa shape index (κ2) is 7.67. The van der Waals surface area contributed by atoms with Crippen molar-refractivity contribution in [1.82, 2.24) is 15.1 Å². The van der Waals surface area contributed by atoms with E-state index >= 15 is 0 Å². The maximum Gasteiger partial charge on any atom is 0.244 e. The maximum atomic E-state index is 12.0. The smallest absolute Gasteiger partial charge is 0.244 e. The van der Waals surface area contributed by atoms with Crippen molar-refractivity contribution in [1.29, 1.82) is 0 Å². The molecule has 0 bridgehead atoms. The number of nitrogens with zero attached hydrogens (tertiary/aromatic N) is 2. The van der Waals surface area contributed by atoms with Gasteiger partial charge in [-0.25, -0.2) is 0 Å². The third-order valence-corrected chi connectivity index (χ3v) is 5.34. The van der Waals surface area contributed by atoms with E-state index in [0.29, 0.717) is 12.3 Å². The highest BCUT2D eigenvalue weighted by Gasteiger charge is 2.12. The minimum absolute atomic E-state index is 0.114. The molecule has 6 nitrogen and oxygen atoms in total. The summed E-state index contributed by atoms with van der Waals surface area (Å²) in [6.07, 6.45) is 7.96. The molecular formula is C20H19N3O3S. The first-order valence-electron chi connectivity index (χ1n) is 8.61. The molecule has 3 aromatic rings. The summed E-state index contributed by atoms with van der Waals surface area (Å²) in [5, 5.41) is 7.11. The number of amides is 1. The lowest BCUT2D eigenvalue weighted by Crippen LogP contribution is -2.23. The molecule has 1 aliphatic rings. The largest absolute Gasteiger partial charge is 0.454 e. The van der Waals surface area contributed by atoms with E-state index in [2.05, 4.69) is 22.5 Å². The fraction of sp³-hybridized carbons (Fsp3) is 0.200. The van der Waals surface area contributed by atoms with E-state index in [0.717, 1.165) is 23.3 Å². The Balaban J connectivity index is 1.27.